The monoisotopic (exact) mass is 457 g/mol. The van der Waals surface area contributed by atoms with Gasteiger partial charge in [0.1, 0.15) is 18.2 Å². The molecule has 0 saturated carbocycles. The summed E-state index contributed by atoms with van der Waals surface area (Å²) in [5.74, 6) is 2.84. The van der Waals surface area contributed by atoms with E-state index in [1.807, 2.05) is 36.4 Å². The number of aromatic nitrogens is 3. The van der Waals surface area contributed by atoms with Gasteiger partial charge in [-0.2, -0.15) is 0 Å². The second kappa shape index (κ2) is 9.07. The lowest BCUT2D eigenvalue weighted by Crippen LogP contribution is -2.46. The SMILES string of the molecule is Clc1cccc(N2CCN(CCCc3nnc4n3CCOc3ccccc3-4)CC2)c1Cl. The van der Waals surface area contributed by atoms with E-state index in [-0.39, 0.29) is 0 Å². The third-order valence-corrected chi connectivity index (χ3v) is 6.86. The summed E-state index contributed by atoms with van der Waals surface area (Å²) >= 11 is 12.6. The number of aryl methyl sites for hydroxylation is 1. The molecule has 1 fully saturated rings. The average molecular weight is 458 g/mol. The molecule has 0 aliphatic carbocycles. The molecule has 5 rings (SSSR count). The molecule has 2 aromatic carbocycles. The molecular weight excluding hydrogens is 433 g/mol. The van der Waals surface area contributed by atoms with E-state index in [4.69, 9.17) is 27.9 Å². The first kappa shape index (κ1) is 20.6. The second-order valence-corrected chi connectivity index (χ2v) is 8.73. The van der Waals surface area contributed by atoms with E-state index in [1.54, 1.807) is 0 Å². The van der Waals surface area contributed by atoms with Gasteiger partial charge in [-0.3, -0.25) is 4.90 Å². The smallest absolute Gasteiger partial charge is 0.167 e. The highest BCUT2D eigenvalue weighted by atomic mass is 35.5. The first-order valence-corrected chi connectivity index (χ1v) is 11.5. The molecule has 0 spiro atoms. The lowest BCUT2D eigenvalue weighted by Gasteiger charge is -2.36. The number of para-hydroxylation sites is 1. The van der Waals surface area contributed by atoms with Gasteiger partial charge in [-0.15, -0.1) is 10.2 Å². The van der Waals surface area contributed by atoms with Crippen LogP contribution in [0.2, 0.25) is 10.0 Å². The molecule has 1 aromatic heterocycles. The summed E-state index contributed by atoms with van der Waals surface area (Å²) in [6.07, 6.45) is 1.97. The Kier molecular flexibility index (Phi) is 6.03. The van der Waals surface area contributed by atoms with E-state index in [2.05, 4.69) is 30.6 Å². The van der Waals surface area contributed by atoms with Crippen LogP contribution >= 0.6 is 23.2 Å². The van der Waals surface area contributed by atoms with Crippen LogP contribution in [0.25, 0.3) is 11.4 Å². The van der Waals surface area contributed by atoms with Crippen molar-refractivity contribution in [2.24, 2.45) is 0 Å². The predicted molar refractivity (Wildman–Crippen MR) is 124 cm³/mol. The van der Waals surface area contributed by atoms with Gasteiger partial charge in [-0.25, -0.2) is 0 Å². The highest BCUT2D eigenvalue weighted by Crippen LogP contribution is 2.33. The van der Waals surface area contributed by atoms with Gasteiger partial charge in [-0.1, -0.05) is 41.4 Å². The van der Waals surface area contributed by atoms with Crippen molar-refractivity contribution in [1.29, 1.82) is 0 Å². The number of piperazine rings is 1. The van der Waals surface area contributed by atoms with Crippen LogP contribution < -0.4 is 9.64 Å². The van der Waals surface area contributed by atoms with Gasteiger partial charge in [0.05, 0.1) is 27.8 Å². The quantitative estimate of drug-likeness (QED) is 0.567. The van der Waals surface area contributed by atoms with E-state index < -0.39 is 0 Å². The number of rotatable bonds is 5. The summed E-state index contributed by atoms with van der Waals surface area (Å²) in [6.45, 7) is 6.41. The summed E-state index contributed by atoms with van der Waals surface area (Å²) in [4.78, 5) is 4.83. The zero-order valence-electron chi connectivity index (χ0n) is 17.3. The molecule has 0 atom stereocenters. The molecule has 0 bridgehead atoms. The summed E-state index contributed by atoms with van der Waals surface area (Å²) in [7, 11) is 0. The molecule has 0 N–H and O–H groups in total. The second-order valence-electron chi connectivity index (χ2n) is 7.94. The lowest BCUT2D eigenvalue weighted by molar-refractivity contribution is 0.254. The van der Waals surface area contributed by atoms with Crippen molar-refractivity contribution in [3.8, 4) is 17.1 Å². The van der Waals surface area contributed by atoms with Crippen molar-refractivity contribution < 1.29 is 4.74 Å². The molecule has 2 aliphatic heterocycles. The van der Waals surface area contributed by atoms with Gasteiger partial charge in [0.15, 0.2) is 5.82 Å². The van der Waals surface area contributed by atoms with Crippen LogP contribution in [0.1, 0.15) is 12.2 Å². The van der Waals surface area contributed by atoms with E-state index in [1.165, 1.54) is 0 Å². The van der Waals surface area contributed by atoms with Gasteiger partial charge < -0.3 is 14.2 Å². The van der Waals surface area contributed by atoms with Gasteiger partial charge >= 0.3 is 0 Å². The van der Waals surface area contributed by atoms with Crippen molar-refractivity contribution >= 4 is 28.9 Å². The van der Waals surface area contributed by atoms with E-state index >= 15 is 0 Å². The van der Waals surface area contributed by atoms with Gasteiger partial charge in [0.2, 0.25) is 0 Å². The fourth-order valence-corrected chi connectivity index (χ4v) is 4.80. The third-order valence-electron chi connectivity index (χ3n) is 6.05. The molecule has 0 amide bonds. The minimum Gasteiger partial charge on any atom is -0.491 e. The molecule has 8 heteroatoms. The maximum atomic E-state index is 6.39. The Hall–Kier alpha value is -2.28. The summed E-state index contributed by atoms with van der Waals surface area (Å²) in [6, 6.07) is 13.9. The molecule has 31 heavy (non-hydrogen) atoms. The van der Waals surface area contributed by atoms with Crippen LogP contribution in [0.5, 0.6) is 5.75 Å². The topological polar surface area (TPSA) is 46.4 Å². The Morgan fingerprint density at radius 1 is 0.903 bits per heavy atom. The summed E-state index contributed by atoms with van der Waals surface area (Å²) < 4.78 is 8.10. The van der Waals surface area contributed by atoms with Crippen molar-refractivity contribution in [3.63, 3.8) is 0 Å². The maximum Gasteiger partial charge on any atom is 0.167 e. The van der Waals surface area contributed by atoms with E-state index in [0.29, 0.717) is 16.7 Å². The zero-order chi connectivity index (χ0) is 21.2. The third kappa shape index (κ3) is 4.25. The normalized spacial score (nSPS) is 16.4. The molecular formula is C23H25Cl2N5O. The summed E-state index contributed by atoms with van der Waals surface area (Å²) in [5.41, 5.74) is 2.05. The van der Waals surface area contributed by atoms with E-state index in [9.17, 15) is 0 Å². The molecule has 0 radical (unpaired) electrons. The number of halogens is 2. The van der Waals surface area contributed by atoms with Crippen molar-refractivity contribution in [2.45, 2.75) is 19.4 Å². The standard InChI is InChI=1S/C23H25Cl2N5O/c24-18-6-3-7-19(22(18)25)29-13-11-28(12-14-29)10-4-9-21-26-27-23-17-5-1-2-8-20(17)31-16-15-30(21)23/h1-3,5-8H,4,9-16H2. The van der Waals surface area contributed by atoms with Crippen LogP contribution in [-0.4, -0.2) is 59.0 Å². The van der Waals surface area contributed by atoms with Crippen molar-refractivity contribution in [1.82, 2.24) is 19.7 Å². The maximum absolute atomic E-state index is 6.39. The number of ether oxygens (including phenoxy) is 1. The molecule has 162 valence electrons. The Balaban J connectivity index is 1.16. The number of benzene rings is 2. The first-order chi connectivity index (χ1) is 15.2. The molecule has 2 aliphatic rings. The Morgan fingerprint density at radius 2 is 1.74 bits per heavy atom. The largest absolute Gasteiger partial charge is 0.491 e. The number of anilines is 1. The first-order valence-electron chi connectivity index (χ1n) is 10.8. The molecule has 3 aromatic rings. The average Bonchev–Trinajstić information content (AvgIpc) is 3.09. The number of fused-ring (bicyclic) bond motifs is 3. The fraction of sp³-hybridized carbons (Fsp3) is 0.391. The Morgan fingerprint density at radius 3 is 2.61 bits per heavy atom. The van der Waals surface area contributed by atoms with Crippen molar-refractivity contribution in [3.05, 3.63) is 58.3 Å². The lowest BCUT2D eigenvalue weighted by atomic mass is 10.2. The highest BCUT2D eigenvalue weighted by molar-refractivity contribution is 6.43. The molecule has 3 heterocycles. The number of nitrogens with zero attached hydrogens (tertiary/aromatic N) is 5. The van der Waals surface area contributed by atoms with Gasteiger partial charge in [0.25, 0.3) is 0 Å². The Labute approximate surface area is 192 Å². The fourth-order valence-electron chi connectivity index (χ4n) is 4.39. The molecule has 0 unspecified atom stereocenters. The minimum atomic E-state index is 0.613. The van der Waals surface area contributed by atoms with Crippen LogP contribution in [0, 0.1) is 0 Å². The van der Waals surface area contributed by atoms with Crippen LogP contribution in [0.4, 0.5) is 5.69 Å². The summed E-state index contributed by atoms with van der Waals surface area (Å²) in [5, 5.41) is 10.2. The zero-order valence-corrected chi connectivity index (χ0v) is 18.8. The molecule has 1 saturated heterocycles. The van der Waals surface area contributed by atoms with Crippen LogP contribution in [0.3, 0.4) is 0 Å². The van der Waals surface area contributed by atoms with Gasteiger partial charge in [-0.05, 0) is 37.2 Å². The van der Waals surface area contributed by atoms with Crippen LogP contribution in [-0.2, 0) is 13.0 Å². The van der Waals surface area contributed by atoms with E-state index in [0.717, 1.165) is 80.8 Å². The highest BCUT2D eigenvalue weighted by Gasteiger charge is 2.22. The number of hydrogen-bond donors (Lipinski definition) is 0. The predicted octanol–water partition coefficient (Wildman–Crippen LogP) is 4.40. The molecule has 6 nitrogen and oxygen atoms in total. The minimum absolute atomic E-state index is 0.613. The van der Waals surface area contributed by atoms with Crippen LogP contribution in [0.15, 0.2) is 42.5 Å². The van der Waals surface area contributed by atoms with Crippen molar-refractivity contribution in [2.75, 3.05) is 44.2 Å². The number of hydrogen-bond acceptors (Lipinski definition) is 5. The van der Waals surface area contributed by atoms with Gasteiger partial charge in [0, 0.05) is 32.6 Å². The Bertz CT molecular complexity index is 1060.